The summed E-state index contributed by atoms with van der Waals surface area (Å²) in [4.78, 5) is 27.9. The van der Waals surface area contributed by atoms with E-state index in [-0.39, 0.29) is 5.56 Å². The van der Waals surface area contributed by atoms with Gasteiger partial charge >= 0.3 is 5.97 Å². The molecule has 2 N–H and O–H groups in total. The van der Waals surface area contributed by atoms with E-state index in [1.807, 2.05) is 0 Å². The lowest BCUT2D eigenvalue weighted by atomic mass is 10.1. The van der Waals surface area contributed by atoms with Gasteiger partial charge in [-0.15, -0.1) is 0 Å². The van der Waals surface area contributed by atoms with Gasteiger partial charge in [0.25, 0.3) is 5.56 Å². The SMILES string of the molecule is O=C(O)c1ncc(-c2ccc(F)cc2)c(=O)[nH]1. The number of rotatable bonds is 2. The second-order valence-corrected chi connectivity index (χ2v) is 3.29. The number of benzene rings is 1. The van der Waals surface area contributed by atoms with Crippen molar-refractivity contribution >= 4 is 5.97 Å². The van der Waals surface area contributed by atoms with Crippen LogP contribution in [0.1, 0.15) is 10.6 Å². The number of carboxylic acid groups (broad SMARTS) is 1. The summed E-state index contributed by atoms with van der Waals surface area (Å²) in [6.07, 6.45) is 1.15. The minimum absolute atomic E-state index is 0.190. The van der Waals surface area contributed by atoms with Crippen LogP contribution in [0.2, 0.25) is 0 Å². The van der Waals surface area contributed by atoms with Crippen molar-refractivity contribution in [3.63, 3.8) is 0 Å². The molecular formula is C11H7FN2O3. The molecule has 0 aliphatic carbocycles. The van der Waals surface area contributed by atoms with E-state index in [9.17, 15) is 14.0 Å². The van der Waals surface area contributed by atoms with E-state index in [2.05, 4.69) is 9.97 Å². The van der Waals surface area contributed by atoms with Gasteiger partial charge < -0.3 is 10.1 Å². The molecule has 1 aromatic heterocycles. The predicted molar refractivity (Wildman–Crippen MR) is 57.2 cm³/mol. The highest BCUT2D eigenvalue weighted by Gasteiger charge is 2.09. The Morgan fingerprint density at radius 3 is 2.47 bits per heavy atom. The van der Waals surface area contributed by atoms with Crippen LogP contribution in [0, 0.1) is 5.82 Å². The molecule has 86 valence electrons. The van der Waals surface area contributed by atoms with Gasteiger partial charge in [-0.2, -0.15) is 0 Å². The lowest BCUT2D eigenvalue weighted by molar-refractivity contribution is 0.0683. The third kappa shape index (κ3) is 2.20. The summed E-state index contributed by atoms with van der Waals surface area (Å²) in [5.41, 5.74) is 0.0797. The first-order chi connectivity index (χ1) is 8.08. The molecule has 0 bridgehead atoms. The molecule has 0 atom stereocenters. The van der Waals surface area contributed by atoms with Crippen LogP contribution in [0.5, 0.6) is 0 Å². The summed E-state index contributed by atoms with van der Waals surface area (Å²) < 4.78 is 12.7. The molecule has 0 saturated carbocycles. The maximum Gasteiger partial charge on any atom is 0.372 e. The van der Waals surface area contributed by atoms with Crippen molar-refractivity contribution in [2.75, 3.05) is 0 Å². The van der Waals surface area contributed by atoms with E-state index in [1.165, 1.54) is 24.3 Å². The summed E-state index contributed by atoms with van der Waals surface area (Å²) >= 11 is 0. The maximum atomic E-state index is 12.7. The van der Waals surface area contributed by atoms with E-state index >= 15 is 0 Å². The highest BCUT2D eigenvalue weighted by molar-refractivity contribution is 5.83. The Bertz CT molecular complexity index is 619. The summed E-state index contributed by atoms with van der Waals surface area (Å²) in [5.74, 6) is -2.16. The summed E-state index contributed by atoms with van der Waals surface area (Å²) in [6, 6.07) is 5.25. The van der Waals surface area contributed by atoms with Crippen LogP contribution < -0.4 is 5.56 Å². The van der Waals surface area contributed by atoms with Crippen LogP contribution in [0.25, 0.3) is 11.1 Å². The fourth-order valence-electron chi connectivity index (χ4n) is 1.34. The maximum absolute atomic E-state index is 12.7. The average Bonchev–Trinajstić information content (AvgIpc) is 2.30. The first-order valence-electron chi connectivity index (χ1n) is 4.66. The minimum atomic E-state index is -1.31. The standard InChI is InChI=1S/C11H7FN2O3/c12-7-3-1-6(2-4-7)8-5-13-9(11(16)17)14-10(8)15/h1-5H,(H,16,17)(H,13,14,15). The van der Waals surface area contributed by atoms with Crippen molar-refractivity contribution < 1.29 is 14.3 Å². The molecule has 1 heterocycles. The Hall–Kier alpha value is -2.50. The van der Waals surface area contributed by atoms with Crippen LogP contribution >= 0.6 is 0 Å². The van der Waals surface area contributed by atoms with Crippen molar-refractivity contribution in [1.82, 2.24) is 9.97 Å². The molecule has 17 heavy (non-hydrogen) atoms. The topological polar surface area (TPSA) is 83.0 Å². The number of aromatic amines is 1. The first-order valence-corrected chi connectivity index (χ1v) is 4.66. The Morgan fingerprint density at radius 2 is 1.94 bits per heavy atom. The molecule has 0 aliphatic rings. The largest absolute Gasteiger partial charge is 0.475 e. The van der Waals surface area contributed by atoms with Crippen molar-refractivity contribution in [3.8, 4) is 11.1 Å². The fraction of sp³-hybridized carbons (Fsp3) is 0. The second-order valence-electron chi connectivity index (χ2n) is 3.29. The minimum Gasteiger partial charge on any atom is -0.475 e. The van der Waals surface area contributed by atoms with Crippen LogP contribution in [-0.4, -0.2) is 21.0 Å². The number of aromatic carboxylic acids is 1. The lowest BCUT2D eigenvalue weighted by Crippen LogP contribution is -2.16. The van der Waals surface area contributed by atoms with Gasteiger partial charge in [0.2, 0.25) is 5.82 Å². The summed E-state index contributed by atoms with van der Waals surface area (Å²) in [7, 11) is 0. The van der Waals surface area contributed by atoms with Crippen molar-refractivity contribution in [2.45, 2.75) is 0 Å². The zero-order valence-corrected chi connectivity index (χ0v) is 8.48. The summed E-state index contributed by atoms with van der Waals surface area (Å²) in [5, 5.41) is 8.62. The third-order valence-electron chi connectivity index (χ3n) is 2.16. The molecule has 0 fully saturated rings. The zero-order chi connectivity index (χ0) is 12.4. The molecule has 0 spiro atoms. The van der Waals surface area contributed by atoms with E-state index in [0.29, 0.717) is 5.56 Å². The fourth-order valence-corrected chi connectivity index (χ4v) is 1.34. The predicted octanol–water partition coefficient (Wildman–Crippen LogP) is 1.27. The third-order valence-corrected chi connectivity index (χ3v) is 2.16. The number of carbonyl (C=O) groups is 1. The van der Waals surface area contributed by atoms with Gasteiger partial charge in [0, 0.05) is 6.20 Å². The molecule has 0 saturated heterocycles. The number of hydrogen-bond donors (Lipinski definition) is 2. The molecular weight excluding hydrogens is 227 g/mol. The molecule has 0 amide bonds. The molecule has 5 nitrogen and oxygen atoms in total. The number of halogens is 1. The Labute approximate surface area is 94.6 Å². The van der Waals surface area contributed by atoms with E-state index in [1.54, 1.807) is 0 Å². The quantitative estimate of drug-likeness (QED) is 0.819. The van der Waals surface area contributed by atoms with E-state index in [4.69, 9.17) is 5.11 Å². The van der Waals surface area contributed by atoms with Gasteiger partial charge in [-0.1, -0.05) is 12.1 Å². The normalized spacial score (nSPS) is 10.2. The first kappa shape index (κ1) is 11.0. The molecule has 2 aromatic rings. The van der Waals surface area contributed by atoms with Crippen LogP contribution in [0.15, 0.2) is 35.3 Å². The van der Waals surface area contributed by atoms with Gasteiger partial charge in [-0.25, -0.2) is 14.2 Å². The van der Waals surface area contributed by atoms with Crippen LogP contribution in [0.4, 0.5) is 4.39 Å². The highest BCUT2D eigenvalue weighted by Crippen LogP contribution is 2.14. The van der Waals surface area contributed by atoms with Gasteiger partial charge in [0.1, 0.15) is 5.82 Å². The average molecular weight is 234 g/mol. The van der Waals surface area contributed by atoms with Gasteiger partial charge in [-0.05, 0) is 17.7 Å². The smallest absolute Gasteiger partial charge is 0.372 e. The van der Waals surface area contributed by atoms with Gasteiger partial charge in [-0.3, -0.25) is 4.79 Å². The van der Waals surface area contributed by atoms with Gasteiger partial charge in [0.15, 0.2) is 0 Å². The number of hydrogen-bond acceptors (Lipinski definition) is 3. The molecule has 0 aliphatic heterocycles. The number of nitrogens with zero attached hydrogens (tertiary/aromatic N) is 1. The van der Waals surface area contributed by atoms with E-state index < -0.39 is 23.2 Å². The lowest BCUT2D eigenvalue weighted by Gasteiger charge is -2.00. The molecule has 0 unspecified atom stereocenters. The number of H-pyrrole nitrogens is 1. The van der Waals surface area contributed by atoms with Crippen molar-refractivity contribution in [1.29, 1.82) is 0 Å². The van der Waals surface area contributed by atoms with E-state index in [0.717, 1.165) is 6.20 Å². The molecule has 1 aromatic carbocycles. The highest BCUT2D eigenvalue weighted by atomic mass is 19.1. The zero-order valence-electron chi connectivity index (χ0n) is 8.48. The summed E-state index contributed by atoms with van der Waals surface area (Å²) in [6.45, 7) is 0. The Kier molecular flexibility index (Phi) is 2.70. The van der Waals surface area contributed by atoms with Crippen molar-refractivity contribution in [3.05, 3.63) is 52.5 Å². The molecule has 6 heteroatoms. The number of nitrogens with one attached hydrogen (secondary N) is 1. The van der Waals surface area contributed by atoms with Crippen LogP contribution in [0.3, 0.4) is 0 Å². The van der Waals surface area contributed by atoms with Gasteiger partial charge in [0.05, 0.1) is 5.56 Å². The Morgan fingerprint density at radius 1 is 1.29 bits per heavy atom. The molecule has 0 radical (unpaired) electrons. The monoisotopic (exact) mass is 234 g/mol. The second kappa shape index (κ2) is 4.17. The van der Waals surface area contributed by atoms with Crippen molar-refractivity contribution in [2.24, 2.45) is 0 Å². The van der Waals surface area contributed by atoms with Crippen LogP contribution in [-0.2, 0) is 0 Å². The number of carboxylic acids is 1. The molecule has 2 rings (SSSR count). The number of aromatic nitrogens is 2. The Balaban J connectivity index is 2.50.